The number of nitrogens with one attached hydrogen (secondary N) is 2. The highest BCUT2D eigenvalue weighted by Crippen LogP contribution is 2.28. The standard InChI is InChI=1S/C10H10N2O4S/c1-17(15,16)12-8-6-4-2-3-5-7(6)11-9(8)10(13)14/h2-5,11-12H,1H3,(H,13,14). The van der Waals surface area contributed by atoms with E-state index < -0.39 is 16.0 Å². The molecule has 0 bridgehead atoms. The molecule has 1 aromatic heterocycles. The van der Waals surface area contributed by atoms with Crippen LogP contribution in [0.5, 0.6) is 0 Å². The molecule has 3 N–H and O–H groups in total. The highest BCUT2D eigenvalue weighted by Gasteiger charge is 2.19. The molecule has 0 fully saturated rings. The first-order valence-corrected chi connectivity index (χ1v) is 6.59. The summed E-state index contributed by atoms with van der Waals surface area (Å²) >= 11 is 0. The van der Waals surface area contributed by atoms with E-state index in [1.54, 1.807) is 24.3 Å². The Morgan fingerprint density at radius 1 is 1.35 bits per heavy atom. The number of H-pyrrole nitrogens is 1. The number of carbonyl (C=O) groups is 1. The number of anilines is 1. The quantitative estimate of drug-likeness (QED) is 0.767. The van der Waals surface area contributed by atoms with Crippen molar-refractivity contribution >= 4 is 32.6 Å². The summed E-state index contributed by atoms with van der Waals surface area (Å²) in [5.41, 5.74) is 0.461. The molecule has 0 spiro atoms. The first kappa shape index (κ1) is 11.5. The van der Waals surface area contributed by atoms with Crippen molar-refractivity contribution in [1.29, 1.82) is 0 Å². The van der Waals surface area contributed by atoms with Crippen LogP contribution in [0.2, 0.25) is 0 Å². The molecule has 0 aliphatic carbocycles. The van der Waals surface area contributed by atoms with E-state index in [1.165, 1.54) is 0 Å². The summed E-state index contributed by atoms with van der Waals surface area (Å²) < 4.78 is 24.6. The largest absolute Gasteiger partial charge is 0.477 e. The van der Waals surface area contributed by atoms with Gasteiger partial charge in [-0.3, -0.25) is 4.72 Å². The molecule has 0 atom stereocenters. The zero-order chi connectivity index (χ0) is 12.6. The summed E-state index contributed by atoms with van der Waals surface area (Å²) in [7, 11) is -3.53. The summed E-state index contributed by atoms with van der Waals surface area (Å²) in [6, 6.07) is 6.75. The number of benzene rings is 1. The Morgan fingerprint density at radius 2 is 2.00 bits per heavy atom. The Hall–Kier alpha value is -2.02. The number of para-hydroxylation sites is 1. The summed E-state index contributed by atoms with van der Waals surface area (Å²) in [5, 5.41) is 9.52. The molecule has 7 heteroatoms. The Kier molecular flexibility index (Phi) is 2.55. The predicted octanol–water partition coefficient (Wildman–Crippen LogP) is 1.24. The van der Waals surface area contributed by atoms with Gasteiger partial charge in [0, 0.05) is 10.9 Å². The summed E-state index contributed by atoms with van der Waals surface area (Å²) in [6.45, 7) is 0. The van der Waals surface area contributed by atoms with Crippen molar-refractivity contribution in [3.63, 3.8) is 0 Å². The van der Waals surface area contributed by atoms with Crippen molar-refractivity contribution < 1.29 is 18.3 Å². The van der Waals surface area contributed by atoms with Gasteiger partial charge >= 0.3 is 5.97 Å². The Labute approximate surface area is 97.3 Å². The molecule has 0 amide bonds. The van der Waals surface area contributed by atoms with Gasteiger partial charge in [0.15, 0.2) is 0 Å². The number of aromatic amines is 1. The lowest BCUT2D eigenvalue weighted by molar-refractivity contribution is 0.0692. The van der Waals surface area contributed by atoms with Gasteiger partial charge in [-0.1, -0.05) is 18.2 Å². The van der Waals surface area contributed by atoms with Gasteiger partial charge in [-0.2, -0.15) is 0 Å². The Morgan fingerprint density at radius 3 is 2.59 bits per heavy atom. The molecule has 2 rings (SSSR count). The van der Waals surface area contributed by atoms with Crippen LogP contribution >= 0.6 is 0 Å². The van der Waals surface area contributed by atoms with Crippen molar-refractivity contribution in [3.05, 3.63) is 30.0 Å². The van der Waals surface area contributed by atoms with Crippen molar-refractivity contribution in [1.82, 2.24) is 4.98 Å². The molecule has 2 aromatic rings. The highest BCUT2D eigenvalue weighted by atomic mass is 32.2. The number of fused-ring (bicyclic) bond motifs is 1. The molecule has 0 saturated heterocycles. The van der Waals surface area contributed by atoms with Gasteiger partial charge in [0.2, 0.25) is 10.0 Å². The van der Waals surface area contributed by atoms with Gasteiger partial charge in [-0.25, -0.2) is 13.2 Å². The van der Waals surface area contributed by atoms with E-state index in [0.717, 1.165) is 6.26 Å². The average molecular weight is 254 g/mol. The van der Waals surface area contributed by atoms with Crippen molar-refractivity contribution in [2.45, 2.75) is 0 Å². The summed E-state index contributed by atoms with van der Waals surface area (Å²) in [5.74, 6) is -1.22. The SMILES string of the molecule is CS(=O)(=O)Nc1c(C(=O)O)[nH]c2ccccc12. The lowest BCUT2D eigenvalue weighted by Gasteiger charge is -2.03. The fraction of sp³-hybridized carbons (Fsp3) is 0.100. The van der Waals surface area contributed by atoms with Crippen LogP contribution in [0.15, 0.2) is 24.3 Å². The molecule has 0 unspecified atom stereocenters. The topological polar surface area (TPSA) is 99.3 Å². The van der Waals surface area contributed by atoms with Gasteiger partial charge in [-0.15, -0.1) is 0 Å². The second-order valence-corrected chi connectivity index (χ2v) is 5.35. The minimum absolute atomic E-state index is 0.0654. The van der Waals surface area contributed by atoms with Crippen LogP contribution in [-0.4, -0.2) is 30.7 Å². The highest BCUT2D eigenvalue weighted by molar-refractivity contribution is 7.92. The van der Waals surface area contributed by atoms with Crippen LogP contribution in [0.4, 0.5) is 5.69 Å². The lowest BCUT2D eigenvalue weighted by atomic mass is 10.2. The molecule has 0 radical (unpaired) electrons. The first-order valence-electron chi connectivity index (χ1n) is 4.70. The summed E-state index contributed by atoms with van der Waals surface area (Å²) in [4.78, 5) is 13.7. The number of hydrogen-bond donors (Lipinski definition) is 3. The molecule has 0 aliphatic rings. The van der Waals surface area contributed by atoms with Crippen LogP contribution in [0.25, 0.3) is 10.9 Å². The van der Waals surface area contributed by atoms with E-state index in [2.05, 4.69) is 9.71 Å². The second kappa shape index (κ2) is 3.77. The number of hydrogen-bond acceptors (Lipinski definition) is 3. The normalized spacial score (nSPS) is 11.6. The summed E-state index contributed by atoms with van der Waals surface area (Å²) in [6.07, 6.45) is 0.973. The number of carboxylic acids is 1. The molecule has 1 aromatic carbocycles. The number of sulfonamides is 1. The maximum Gasteiger partial charge on any atom is 0.354 e. The van der Waals surface area contributed by atoms with Crippen LogP contribution < -0.4 is 4.72 Å². The fourth-order valence-electron chi connectivity index (χ4n) is 1.59. The van der Waals surface area contributed by atoms with Gasteiger partial charge in [0.05, 0.1) is 11.9 Å². The number of rotatable bonds is 3. The van der Waals surface area contributed by atoms with E-state index in [0.29, 0.717) is 10.9 Å². The Bertz CT molecular complexity index is 687. The Balaban J connectivity index is 2.72. The van der Waals surface area contributed by atoms with Gasteiger partial charge in [0.1, 0.15) is 5.69 Å². The predicted molar refractivity (Wildman–Crippen MR) is 63.7 cm³/mol. The van der Waals surface area contributed by atoms with E-state index in [4.69, 9.17) is 5.11 Å². The first-order chi connectivity index (χ1) is 7.88. The van der Waals surface area contributed by atoms with Crippen molar-refractivity contribution in [2.75, 3.05) is 11.0 Å². The average Bonchev–Trinajstić information content (AvgIpc) is 2.55. The molecule has 0 saturated carbocycles. The zero-order valence-electron chi connectivity index (χ0n) is 8.89. The van der Waals surface area contributed by atoms with Crippen molar-refractivity contribution in [2.24, 2.45) is 0 Å². The molecular formula is C10H10N2O4S. The van der Waals surface area contributed by atoms with Crippen molar-refractivity contribution in [3.8, 4) is 0 Å². The third-order valence-corrected chi connectivity index (χ3v) is 2.78. The minimum Gasteiger partial charge on any atom is -0.477 e. The lowest BCUT2D eigenvalue weighted by Crippen LogP contribution is -2.12. The van der Waals surface area contributed by atoms with E-state index in [1.807, 2.05) is 0 Å². The smallest absolute Gasteiger partial charge is 0.354 e. The van der Waals surface area contributed by atoms with E-state index >= 15 is 0 Å². The van der Waals surface area contributed by atoms with E-state index in [-0.39, 0.29) is 11.4 Å². The minimum atomic E-state index is -3.53. The van der Waals surface area contributed by atoms with Crippen LogP contribution in [-0.2, 0) is 10.0 Å². The second-order valence-electron chi connectivity index (χ2n) is 3.60. The molecule has 90 valence electrons. The maximum atomic E-state index is 11.2. The number of carboxylic acid groups (broad SMARTS) is 1. The fourth-order valence-corrected chi connectivity index (χ4v) is 2.18. The molecule has 1 heterocycles. The monoisotopic (exact) mass is 254 g/mol. The van der Waals surface area contributed by atoms with Crippen LogP contribution in [0, 0.1) is 0 Å². The van der Waals surface area contributed by atoms with Gasteiger partial charge in [-0.05, 0) is 6.07 Å². The third-order valence-electron chi connectivity index (χ3n) is 2.21. The third kappa shape index (κ3) is 2.23. The molecule has 6 nitrogen and oxygen atoms in total. The number of aromatic carboxylic acids is 1. The molecule has 0 aliphatic heterocycles. The maximum absolute atomic E-state index is 11.2. The number of aromatic nitrogens is 1. The van der Waals surface area contributed by atoms with E-state index in [9.17, 15) is 13.2 Å². The molecule has 17 heavy (non-hydrogen) atoms. The van der Waals surface area contributed by atoms with Gasteiger partial charge in [0.25, 0.3) is 0 Å². The van der Waals surface area contributed by atoms with Crippen LogP contribution in [0.1, 0.15) is 10.5 Å². The zero-order valence-corrected chi connectivity index (χ0v) is 9.71. The van der Waals surface area contributed by atoms with Gasteiger partial charge < -0.3 is 10.1 Å². The van der Waals surface area contributed by atoms with Crippen LogP contribution in [0.3, 0.4) is 0 Å². The molecular weight excluding hydrogens is 244 g/mol.